The Kier molecular flexibility index (Phi) is 5.91. The van der Waals surface area contributed by atoms with Gasteiger partial charge >= 0.3 is 0 Å². The summed E-state index contributed by atoms with van der Waals surface area (Å²) in [5, 5.41) is 1.17. The van der Waals surface area contributed by atoms with Crippen LogP contribution < -0.4 is 10.5 Å². The highest BCUT2D eigenvalue weighted by molar-refractivity contribution is 7.22. The van der Waals surface area contributed by atoms with E-state index in [1.54, 1.807) is 53.8 Å². The van der Waals surface area contributed by atoms with Gasteiger partial charge < -0.3 is 4.74 Å². The predicted octanol–water partition coefficient (Wildman–Crippen LogP) is 4.60. The van der Waals surface area contributed by atoms with Gasteiger partial charge in [-0.3, -0.25) is 19.1 Å². The third-order valence-electron chi connectivity index (χ3n) is 5.59. The number of amides is 1. The zero-order chi connectivity index (χ0) is 23.7. The summed E-state index contributed by atoms with van der Waals surface area (Å²) in [6.45, 7) is 2.56. The number of hydrogen-bond donors (Lipinski definition) is 0. The number of carbonyl (C=O) groups is 1. The lowest BCUT2D eigenvalue weighted by Gasteiger charge is -2.20. The topological polar surface area (TPSA) is 77.3 Å². The molecular weight excluding hydrogens is 448 g/mol. The molecule has 0 aliphatic rings. The number of thiazole rings is 1. The van der Waals surface area contributed by atoms with Gasteiger partial charge in [0.1, 0.15) is 5.82 Å². The minimum absolute atomic E-state index is 0.140. The van der Waals surface area contributed by atoms with Gasteiger partial charge in [0, 0.05) is 12.7 Å². The van der Waals surface area contributed by atoms with Crippen molar-refractivity contribution >= 4 is 43.5 Å². The average molecular weight is 471 g/mol. The Morgan fingerprint density at radius 2 is 1.68 bits per heavy atom. The van der Waals surface area contributed by atoms with E-state index in [1.807, 2.05) is 42.5 Å². The van der Waals surface area contributed by atoms with Gasteiger partial charge in [0.05, 0.1) is 40.0 Å². The lowest BCUT2D eigenvalue weighted by atomic mass is 10.1. The van der Waals surface area contributed by atoms with Gasteiger partial charge in [-0.1, -0.05) is 35.6 Å². The first-order valence-electron chi connectivity index (χ1n) is 10.8. The maximum atomic E-state index is 13.4. The quantitative estimate of drug-likeness (QED) is 0.363. The van der Waals surface area contributed by atoms with E-state index in [1.165, 1.54) is 11.3 Å². The van der Waals surface area contributed by atoms with Crippen LogP contribution in [0.5, 0.6) is 0 Å². The molecule has 5 rings (SSSR count). The molecule has 0 saturated carbocycles. The van der Waals surface area contributed by atoms with Crippen LogP contribution in [0.2, 0.25) is 0 Å². The van der Waals surface area contributed by atoms with E-state index in [4.69, 9.17) is 4.74 Å². The summed E-state index contributed by atoms with van der Waals surface area (Å²) < 4.78 is 7.81. The number of para-hydroxylation sites is 2. The standard InChI is InChI=1S/C26H22N4O3S/c1-17-27-21-8-4-3-7-20(21)25(32)30(17)19-13-11-18(12-14-19)24(31)29(15-16-33-2)26-28-22-9-5-6-10-23(22)34-26/h3-14H,15-16H2,1-2H3. The van der Waals surface area contributed by atoms with Crippen LogP contribution in [0.1, 0.15) is 16.2 Å². The van der Waals surface area contributed by atoms with E-state index in [-0.39, 0.29) is 11.5 Å². The van der Waals surface area contributed by atoms with E-state index in [0.717, 1.165) is 10.2 Å². The van der Waals surface area contributed by atoms with Gasteiger partial charge in [-0.25, -0.2) is 9.97 Å². The van der Waals surface area contributed by atoms with Gasteiger partial charge in [-0.2, -0.15) is 0 Å². The van der Waals surface area contributed by atoms with Crippen molar-refractivity contribution in [3.8, 4) is 5.69 Å². The van der Waals surface area contributed by atoms with E-state index in [9.17, 15) is 9.59 Å². The number of carbonyl (C=O) groups excluding carboxylic acids is 1. The van der Waals surface area contributed by atoms with Crippen molar-refractivity contribution in [3.05, 3.63) is 94.5 Å². The highest BCUT2D eigenvalue weighted by Crippen LogP contribution is 2.29. The molecule has 0 bridgehead atoms. The molecule has 2 aromatic heterocycles. The third-order valence-corrected chi connectivity index (χ3v) is 6.65. The second kappa shape index (κ2) is 9.17. The van der Waals surface area contributed by atoms with Crippen molar-refractivity contribution in [1.82, 2.24) is 14.5 Å². The van der Waals surface area contributed by atoms with Crippen molar-refractivity contribution in [1.29, 1.82) is 0 Å². The van der Waals surface area contributed by atoms with E-state index >= 15 is 0 Å². The molecule has 0 saturated heterocycles. The zero-order valence-electron chi connectivity index (χ0n) is 18.8. The minimum atomic E-state index is -0.177. The predicted molar refractivity (Wildman–Crippen MR) is 135 cm³/mol. The zero-order valence-corrected chi connectivity index (χ0v) is 19.6. The average Bonchev–Trinajstić information content (AvgIpc) is 3.28. The Morgan fingerprint density at radius 1 is 0.971 bits per heavy atom. The maximum absolute atomic E-state index is 13.4. The number of methoxy groups -OCH3 is 1. The smallest absolute Gasteiger partial charge is 0.265 e. The number of hydrogen-bond acceptors (Lipinski definition) is 6. The molecule has 0 unspecified atom stereocenters. The molecule has 0 fully saturated rings. The molecule has 3 aromatic carbocycles. The molecule has 1 amide bonds. The SMILES string of the molecule is COCCN(C(=O)c1ccc(-n2c(C)nc3ccccc3c2=O)cc1)c1nc2ccccc2s1. The Morgan fingerprint density at radius 3 is 2.41 bits per heavy atom. The molecule has 0 N–H and O–H groups in total. The Hall–Kier alpha value is -3.88. The number of aromatic nitrogens is 3. The number of anilines is 1. The van der Waals surface area contributed by atoms with Crippen molar-refractivity contribution in [2.45, 2.75) is 6.92 Å². The first-order chi connectivity index (χ1) is 16.6. The van der Waals surface area contributed by atoms with E-state index < -0.39 is 0 Å². The fraction of sp³-hybridized carbons (Fsp3) is 0.154. The highest BCUT2D eigenvalue weighted by atomic mass is 32.1. The normalized spacial score (nSPS) is 11.2. The second-order valence-electron chi connectivity index (χ2n) is 7.78. The third kappa shape index (κ3) is 3.98. The molecule has 34 heavy (non-hydrogen) atoms. The molecular formula is C26H22N4O3S. The van der Waals surface area contributed by atoms with Gasteiger partial charge in [0.25, 0.3) is 11.5 Å². The number of aryl methyl sites for hydroxylation is 1. The van der Waals surface area contributed by atoms with Crippen LogP contribution in [-0.2, 0) is 4.74 Å². The Labute approximate surface area is 199 Å². The molecule has 0 radical (unpaired) electrons. The molecule has 0 spiro atoms. The van der Waals surface area contributed by atoms with Crippen LogP contribution in [-0.4, -0.2) is 40.7 Å². The van der Waals surface area contributed by atoms with Gasteiger partial charge in [-0.05, 0) is 55.5 Å². The highest BCUT2D eigenvalue weighted by Gasteiger charge is 2.21. The molecule has 0 atom stereocenters. The van der Waals surface area contributed by atoms with Gasteiger partial charge in [0.2, 0.25) is 0 Å². The van der Waals surface area contributed by atoms with Crippen LogP contribution in [0.15, 0.2) is 77.6 Å². The molecule has 0 aliphatic heterocycles. The first kappa shape index (κ1) is 21.9. The van der Waals surface area contributed by atoms with Crippen molar-refractivity contribution < 1.29 is 9.53 Å². The number of fused-ring (bicyclic) bond motifs is 2. The molecule has 7 nitrogen and oxygen atoms in total. The van der Waals surface area contributed by atoms with Gasteiger partial charge in [0.15, 0.2) is 5.13 Å². The van der Waals surface area contributed by atoms with Crippen molar-refractivity contribution in [2.24, 2.45) is 0 Å². The lowest BCUT2D eigenvalue weighted by Crippen LogP contribution is -2.34. The first-order valence-corrected chi connectivity index (χ1v) is 11.6. The largest absolute Gasteiger partial charge is 0.383 e. The summed E-state index contributed by atoms with van der Waals surface area (Å²) in [6.07, 6.45) is 0. The molecule has 170 valence electrons. The van der Waals surface area contributed by atoms with Gasteiger partial charge in [-0.15, -0.1) is 0 Å². The summed E-state index contributed by atoms with van der Waals surface area (Å²) >= 11 is 1.47. The van der Waals surface area contributed by atoms with Crippen LogP contribution in [0.25, 0.3) is 26.8 Å². The maximum Gasteiger partial charge on any atom is 0.265 e. The fourth-order valence-corrected chi connectivity index (χ4v) is 4.89. The Balaban J connectivity index is 1.50. The summed E-state index contributed by atoms with van der Waals surface area (Å²) in [4.78, 5) is 37.4. The lowest BCUT2D eigenvalue weighted by molar-refractivity contribution is 0.0976. The summed E-state index contributed by atoms with van der Waals surface area (Å²) in [6, 6.07) is 22.1. The molecule has 2 heterocycles. The second-order valence-corrected chi connectivity index (χ2v) is 8.79. The number of benzene rings is 3. The summed E-state index contributed by atoms with van der Waals surface area (Å²) in [7, 11) is 1.60. The molecule has 0 aliphatic carbocycles. The van der Waals surface area contributed by atoms with Crippen LogP contribution in [0.4, 0.5) is 5.13 Å². The Bertz CT molecular complexity index is 1520. The van der Waals surface area contributed by atoms with Crippen molar-refractivity contribution in [2.75, 3.05) is 25.2 Å². The summed E-state index contributed by atoms with van der Waals surface area (Å²) in [5.41, 5.74) is 2.53. The van der Waals surface area contributed by atoms with E-state index in [0.29, 0.717) is 46.3 Å². The van der Waals surface area contributed by atoms with Crippen molar-refractivity contribution in [3.63, 3.8) is 0 Å². The number of rotatable bonds is 6. The van der Waals surface area contributed by atoms with E-state index in [2.05, 4.69) is 9.97 Å². The van der Waals surface area contributed by atoms with Crippen LogP contribution >= 0.6 is 11.3 Å². The minimum Gasteiger partial charge on any atom is -0.383 e. The summed E-state index contributed by atoms with van der Waals surface area (Å²) in [5.74, 6) is 0.405. The molecule has 5 aromatic rings. The van der Waals surface area contributed by atoms with Crippen LogP contribution in [0.3, 0.4) is 0 Å². The monoisotopic (exact) mass is 470 g/mol. The number of nitrogens with zero attached hydrogens (tertiary/aromatic N) is 4. The number of ether oxygens (including phenoxy) is 1. The fourth-order valence-electron chi connectivity index (χ4n) is 3.90. The van der Waals surface area contributed by atoms with Crippen LogP contribution in [0, 0.1) is 6.92 Å². The molecule has 8 heteroatoms.